The number of benzene rings is 1. The van der Waals surface area contributed by atoms with Crippen molar-refractivity contribution in [3.63, 3.8) is 0 Å². The normalized spacial score (nSPS) is 10.8. The minimum absolute atomic E-state index is 0. The van der Waals surface area contributed by atoms with Gasteiger partial charge in [-0.1, -0.05) is 12.1 Å². The zero-order valence-corrected chi connectivity index (χ0v) is 19.7. The van der Waals surface area contributed by atoms with Gasteiger partial charge >= 0.3 is 0 Å². The summed E-state index contributed by atoms with van der Waals surface area (Å²) in [5, 5.41) is 7.55. The lowest BCUT2D eigenvalue weighted by Crippen LogP contribution is -2.36. The second-order valence-corrected chi connectivity index (χ2v) is 7.25. The number of rotatable bonds is 7. The third-order valence-electron chi connectivity index (χ3n) is 3.82. The van der Waals surface area contributed by atoms with Gasteiger partial charge in [-0.25, -0.2) is 9.97 Å². The smallest absolute Gasteiger partial charge is 0.219 e. The summed E-state index contributed by atoms with van der Waals surface area (Å²) in [6, 6.07) is 11.2. The molecule has 2 aromatic heterocycles. The number of ether oxygens (including phenoxy) is 2. The van der Waals surface area contributed by atoms with Gasteiger partial charge < -0.3 is 20.1 Å². The van der Waals surface area contributed by atoms with Gasteiger partial charge in [-0.3, -0.25) is 4.99 Å². The molecule has 0 atom stereocenters. The molecular formula is C20H24IN5O2S. The lowest BCUT2D eigenvalue weighted by Gasteiger charge is -2.11. The highest BCUT2D eigenvalue weighted by Gasteiger charge is 2.04. The molecule has 29 heavy (non-hydrogen) atoms. The molecule has 0 spiro atoms. The van der Waals surface area contributed by atoms with Gasteiger partial charge in [0.2, 0.25) is 5.88 Å². The number of pyridine rings is 1. The van der Waals surface area contributed by atoms with Gasteiger partial charge in [0.25, 0.3) is 0 Å². The van der Waals surface area contributed by atoms with Crippen LogP contribution in [0.15, 0.2) is 53.8 Å². The van der Waals surface area contributed by atoms with Crippen LogP contribution in [-0.4, -0.2) is 30.1 Å². The van der Waals surface area contributed by atoms with E-state index in [4.69, 9.17) is 9.47 Å². The number of halogens is 1. The minimum atomic E-state index is 0. The Morgan fingerprint density at radius 1 is 1.07 bits per heavy atom. The van der Waals surface area contributed by atoms with Crippen LogP contribution >= 0.6 is 35.3 Å². The highest BCUT2D eigenvalue weighted by molar-refractivity contribution is 14.0. The number of hydrogen-bond acceptors (Lipinski definition) is 6. The molecular weight excluding hydrogens is 501 g/mol. The van der Waals surface area contributed by atoms with Crippen LogP contribution in [-0.2, 0) is 13.1 Å². The summed E-state index contributed by atoms with van der Waals surface area (Å²) in [6.45, 7) is 3.29. The predicted molar refractivity (Wildman–Crippen MR) is 127 cm³/mol. The topological polar surface area (TPSA) is 80.7 Å². The summed E-state index contributed by atoms with van der Waals surface area (Å²) < 4.78 is 11.0. The van der Waals surface area contributed by atoms with Gasteiger partial charge in [0, 0.05) is 43.0 Å². The molecule has 0 aliphatic carbocycles. The van der Waals surface area contributed by atoms with Gasteiger partial charge in [-0.2, -0.15) is 0 Å². The lowest BCUT2D eigenvalue weighted by molar-refractivity contribution is 0.407. The zero-order chi connectivity index (χ0) is 19.8. The summed E-state index contributed by atoms with van der Waals surface area (Å²) >= 11 is 1.67. The molecule has 3 aromatic rings. The molecule has 0 radical (unpaired) electrons. The SMILES string of the molecule is CN=C(NCc1ccc(Oc2cccc(OC)c2)nc1)NCc1ncc(C)s1.I. The Hall–Kier alpha value is -2.40. The van der Waals surface area contributed by atoms with Crippen LogP contribution in [0, 0.1) is 6.92 Å². The van der Waals surface area contributed by atoms with E-state index in [1.165, 1.54) is 4.88 Å². The molecule has 9 heteroatoms. The highest BCUT2D eigenvalue weighted by atomic mass is 127. The summed E-state index contributed by atoms with van der Waals surface area (Å²) in [4.78, 5) is 14.1. The van der Waals surface area contributed by atoms with Gasteiger partial charge in [-0.15, -0.1) is 35.3 Å². The molecule has 0 bridgehead atoms. The monoisotopic (exact) mass is 525 g/mol. The second-order valence-electron chi connectivity index (χ2n) is 5.93. The van der Waals surface area contributed by atoms with Crippen LogP contribution in [0.2, 0.25) is 0 Å². The van der Waals surface area contributed by atoms with E-state index in [1.54, 1.807) is 31.7 Å². The Morgan fingerprint density at radius 2 is 1.86 bits per heavy atom. The van der Waals surface area contributed by atoms with E-state index < -0.39 is 0 Å². The molecule has 0 aliphatic heterocycles. The van der Waals surface area contributed by atoms with E-state index in [0.717, 1.165) is 16.3 Å². The average molecular weight is 525 g/mol. The Kier molecular flexibility index (Phi) is 9.13. The van der Waals surface area contributed by atoms with E-state index in [1.807, 2.05) is 49.5 Å². The quantitative estimate of drug-likeness (QED) is 0.275. The molecule has 2 N–H and O–H groups in total. The second kappa shape index (κ2) is 11.6. The average Bonchev–Trinajstić information content (AvgIpc) is 3.14. The Balaban J connectivity index is 0.00000300. The van der Waals surface area contributed by atoms with E-state index in [9.17, 15) is 0 Å². The summed E-state index contributed by atoms with van der Waals surface area (Å²) in [5.41, 5.74) is 1.02. The summed E-state index contributed by atoms with van der Waals surface area (Å²) in [7, 11) is 3.37. The Morgan fingerprint density at radius 3 is 2.52 bits per heavy atom. The molecule has 154 valence electrons. The number of aliphatic imine (C=N–C) groups is 1. The molecule has 3 rings (SSSR count). The van der Waals surface area contributed by atoms with Gasteiger partial charge in [0.1, 0.15) is 16.5 Å². The molecule has 7 nitrogen and oxygen atoms in total. The maximum atomic E-state index is 5.76. The fraction of sp³-hybridized carbons (Fsp3) is 0.250. The lowest BCUT2D eigenvalue weighted by atomic mass is 10.3. The largest absolute Gasteiger partial charge is 0.497 e. The number of aromatic nitrogens is 2. The van der Waals surface area contributed by atoms with Crippen molar-refractivity contribution in [2.24, 2.45) is 4.99 Å². The highest BCUT2D eigenvalue weighted by Crippen LogP contribution is 2.23. The van der Waals surface area contributed by atoms with Crippen molar-refractivity contribution in [2.75, 3.05) is 14.2 Å². The van der Waals surface area contributed by atoms with Crippen molar-refractivity contribution in [2.45, 2.75) is 20.0 Å². The van der Waals surface area contributed by atoms with E-state index in [0.29, 0.717) is 30.7 Å². The number of aryl methyl sites for hydroxylation is 1. The maximum absolute atomic E-state index is 5.76. The summed E-state index contributed by atoms with van der Waals surface area (Å²) in [6.07, 6.45) is 3.65. The molecule has 0 amide bonds. The standard InChI is InChI=1S/C20H23N5O2S.HI/c1-14-10-23-19(28-14)13-25-20(21-2)24-12-15-7-8-18(22-11-15)27-17-6-4-5-16(9-17)26-3;/h4-11H,12-13H2,1-3H3,(H2,21,24,25);1H. The van der Waals surface area contributed by atoms with Gasteiger partial charge in [-0.05, 0) is 24.6 Å². The first-order chi connectivity index (χ1) is 13.7. The Bertz CT molecular complexity index is 931. The van der Waals surface area contributed by atoms with Crippen molar-refractivity contribution in [1.29, 1.82) is 0 Å². The number of hydrogen-bond donors (Lipinski definition) is 2. The maximum Gasteiger partial charge on any atom is 0.219 e. The molecule has 0 unspecified atom stereocenters. The first-order valence-corrected chi connectivity index (χ1v) is 9.60. The third kappa shape index (κ3) is 7.17. The van der Waals surface area contributed by atoms with Crippen LogP contribution < -0.4 is 20.1 Å². The summed E-state index contributed by atoms with van der Waals surface area (Å²) in [5.74, 6) is 2.66. The fourth-order valence-electron chi connectivity index (χ4n) is 2.41. The van der Waals surface area contributed by atoms with Crippen molar-refractivity contribution in [3.8, 4) is 17.4 Å². The van der Waals surface area contributed by atoms with Gasteiger partial charge in [0.05, 0.1) is 13.7 Å². The van der Waals surface area contributed by atoms with Crippen LogP contribution in [0.3, 0.4) is 0 Å². The molecule has 2 heterocycles. The third-order valence-corrected chi connectivity index (χ3v) is 4.73. The number of thiazole rings is 1. The molecule has 0 saturated heterocycles. The predicted octanol–water partition coefficient (Wildman–Crippen LogP) is 4.13. The molecule has 0 saturated carbocycles. The zero-order valence-electron chi connectivity index (χ0n) is 16.5. The number of methoxy groups -OCH3 is 1. The first-order valence-electron chi connectivity index (χ1n) is 8.79. The number of nitrogens with zero attached hydrogens (tertiary/aromatic N) is 3. The Labute approximate surface area is 191 Å². The van der Waals surface area contributed by atoms with Crippen molar-refractivity contribution >= 4 is 41.3 Å². The van der Waals surface area contributed by atoms with E-state index in [-0.39, 0.29) is 24.0 Å². The molecule has 1 aromatic carbocycles. The molecule has 0 aliphatic rings. The van der Waals surface area contributed by atoms with E-state index in [2.05, 4.69) is 25.6 Å². The van der Waals surface area contributed by atoms with Crippen molar-refractivity contribution in [3.05, 3.63) is 64.2 Å². The van der Waals surface area contributed by atoms with Crippen molar-refractivity contribution in [1.82, 2.24) is 20.6 Å². The number of guanidine groups is 1. The van der Waals surface area contributed by atoms with Crippen LogP contribution in [0.5, 0.6) is 17.4 Å². The van der Waals surface area contributed by atoms with Gasteiger partial charge in [0.15, 0.2) is 5.96 Å². The van der Waals surface area contributed by atoms with E-state index >= 15 is 0 Å². The van der Waals surface area contributed by atoms with Crippen LogP contribution in [0.25, 0.3) is 0 Å². The molecule has 0 fully saturated rings. The minimum Gasteiger partial charge on any atom is -0.497 e. The fourth-order valence-corrected chi connectivity index (χ4v) is 3.14. The number of nitrogens with one attached hydrogen (secondary N) is 2. The van der Waals surface area contributed by atoms with Crippen LogP contribution in [0.4, 0.5) is 0 Å². The van der Waals surface area contributed by atoms with Crippen molar-refractivity contribution < 1.29 is 9.47 Å². The van der Waals surface area contributed by atoms with Crippen LogP contribution in [0.1, 0.15) is 15.4 Å². The first kappa shape index (κ1) is 22.9.